The lowest BCUT2D eigenvalue weighted by Crippen LogP contribution is -2.18. The van der Waals surface area contributed by atoms with Crippen molar-refractivity contribution in [3.8, 4) is 5.88 Å². The minimum Gasteiger partial charge on any atom is -0.481 e. The second-order valence-electron chi connectivity index (χ2n) is 4.04. The van der Waals surface area contributed by atoms with Crippen LogP contribution in [0.5, 0.6) is 5.88 Å². The van der Waals surface area contributed by atoms with Gasteiger partial charge in [-0.3, -0.25) is 4.68 Å². The van der Waals surface area contributed by atoms with Gasteiger partial charge in [0.05, 0.1) is 7.11 Å². The van der Waals surface area contributed by atoms with Gasteiger partial charge in [0.25, 0.3) is 0 Å². The second-order valence-corrected chi connectivity index (χ2v) is 4.04. The predicted molar refractivity (Wildman–Crippen MR) is 69.4 cm³/mol. The molecule has 1 N–H and O–H groups in total. The number of nitrogens with one attached hydrogen (secondary N) is 1. The summed E-state index contributed by atoms with van der Waals surface area (Å²) in [5, 5.41) is 7.52. The fourth-order valence-corrected chi connectivity index (χ4v) is 1.83. The van der Waals surface area contributed by atoms with Crippen LogP contribution in [0.3, 0.4) is 0 Å². The van der Waals surface area contributed by atoms with Crippen molar-refractivity contribution in [2.45, 2.75) is 13.0 Å². The molecule has 5 nitrogen and oxygen atoms in total. The molecule has 0 spiro atoms. The molecule has 0 aliphatic heterocycles. The summed E-state index contributed by atoms with van der Waals surface area (Å²) >= 11 is 0. The molecule has 0 bridgehead atoms. The second kappa shape index (κ2) is 6.16. The Kier molecular flexibility index (Phi) is 4.30. The summed E-state index contributed by atoms with van der Waals surface area (Å²) in [7, 11) is 3.60. The highest BCUT2D eigenvalue weighted by Gasteiger charge is 2.03. The quantitative estimate of drug-likeness (QED) is 0.777. The normalized spacial score (nSPS) is 10.6. The van der Waals surface area contributed by atoms with Crippen molar-refractivity contribution in [2.24, 2.45) is 7.05 Å². The zero-order chi connectivity index (χ0) is 12.8. The Balaban J connectivity index is 1.80. The molecular formula is C13H18N4O. The molecule has 2 rings (SSSR count). The minimum atomic E-state index is 0.686. The molecular weight excluding hydrogens is 228 g/mol. The van der Waals surface area contributed by atoms with E-state index >= 15 is 0 Å². The highest BCUT2D eigenvalue weighted by Crippen LogP contribution is 2.12. The molecule has 0 aromatic carbocycles. The number of pyridine rings is 1. The lowest BCUT2D eigenvalue weighted by atomic mass is 10.2. The Morgan fingerprint density at radius 3 is 2.94 bits per heavy atom. The van der Waals surface area contributed by atoms with Gasteiger partial charge in [-0.2, -0.15) is 5.10 Å². The Morgan fingerprint density at radius 2 is 2.22 bits per heavy atom. The van der Waals surface area contributed by atoms with Crippen molar-refractivity contribution in [1.82, 2.24) is 20.1 Å². The lowest BCUT2D eigenvalue weighted by molar-refractivity contribution is 0.390. The van der Waals surface area contributed by atoms with Crippen LogP contribution < -0.4 is 10.1 Å². The smallest absolute Gasteiger partial charge is 0.217 e. The van der Waals surface area contributed by atoms with Crippen molar-refractivity contribution in [1.29, 1.82) is 0 Å². The Labute approximate surface area is 107 Å². The van der Waals surface area contributed by atoms with E-state index in [1.807, 2.05) is 36.1 Å². The van der Waals surface area contributed by atoms with Crippen LogP contribution in [0.1, 0.15) is 11.3 Å². The molecule has 0 aliphatic carbocycles. The van der Waals surface area contributed by atoms with Crippen LogP contribution in [0, 0.1) is 0 Å². The van der Waals surface area contributed by atoms with Gasteiger partial charge in [0.15, 0.2) is 0 Å². The third-order valence-electron chi connectivity index (χ3n) is 2.84. The SMILES string of the molecule is COc1ncccc1CNCCc1ccnn1C. The van der Waals surface area contributed by atoms with Crippen LogP contribution in [-0.2, 0) is 20.0 Å². The van der Waals surface area contributed by atoms with Crippen LogP contribution in [0.2, 0.25) is 0 Å². The number of aryl methyl sites for hydroxylation is 1. The monoisotopic (exact) mass is 246 g/mol. The number of methoxy groups -OCH3 is 1. The molecule has 0 amide bonds. The van der Waals surface area contributed by atoms with Gasteiger partial charge in [-0.1, -0.05) is 6.07 Å². The van der Waals surface area contributed by atoms with Gasteiger partial charge in [0.2, 0.25) is 5.88 Å². The molecule has 18 heavy (non-hydrogen) atoms. The average Bonchev–Trinajstić information content (AvgIpc) is 2.81. The first-order valence-electron chi connectivity index (χ1n) is 5.96. The maximum atomic E-state index is 5.20. The summed E-state index contributed by atoms with van der Waals surface area (Å²) < 4.78 is 7.10. The zero-order valence-corrected chi connectivity index (χ0v) is 10.8. The number of nitrogens with zero attached hydrogens (tertiary/aromatic N) is 3. The van der Waals surface area contributed by atoms with E-state index in [2.05, 4.69) is 15.4 Å². The van der Waals surface area contributed by atoms with E-state index in [9.17, 15) is 0 Å². The van der Waals surface area contributed by atoms with Crippen LogP contribution in [-0.4, -0.2) is 28.4 Å². The van der Waals surface area contributed by atoms with E-state index in [1.165, 1.54) is 5.69 Å². The average molecular weight is 246 g/mol. The molecule has 2 heterocycles. The van der Waals surface area contributed by atoms with E-state index in [4.69, 9.17) is 4.74 Å². The summed E-state index contributed by atoms with van der Waals surface area (Å²) in [6, 6.07) is 5.97. The molecule has 2 aromatic heterocycles. The third-order valence-corrected chi connectivity index (χ3v) is 2.84. The molecule has 0 fully saturated rings. The van der Waals surface area contributed by atoms with Crippen LogP contribution >= 0.6 is 0 Å². The van der Waals surface area contributed by atoms with Gasteiger partial charge in [0.1, 0.15) is 0 Å². The largest absolute Gasteiger partial charge is 0.481 e. The Hall–Kier alpha value is -1.88. The van der Waals surface area contributed by atoms with E-state index < -0.39 is 0 Å². The summed E-state index contributed by atoms with van der Waals surface area (Å²) in [5.41, 5.74) is 2.30. The topological polar surface area (TPSA) is 52.0 Å². The highest BCUT2D eigenvalue weighted by molar-refractivity contribution is 5.24. The molecule has 0 saturated carbocycles. The number of ether oxygens (including phenoxy) is 1. The molecule has 2 aromatic rings. The first-order valence-corrected chi connectivity index (χ1v) is 5.96. The van der Waals surface area contributed by atoms with Gasteiger partial charge in [0, 0.05) is 50.2 Å². The van der Waals surface area contributed by atoms with Crippen molar-refractivity contribution < 1.29 is 4.74 Å². The first kappa shape index (κ1) is 12.6. The third kappa shape index (κ3) is 3.07. The molecule has 0 unspecified atom stereocenters. The number of hydrogen-bond acceptors (Lipinski definition) is 4. The standard InChI is InChI=1S/C13H18N4O/c1-17-12(6-9-16-17)5-8-14-10-11-4-3-7-15-13(11)18-2/h3-4,6-7,9,14H,5,8,10H2,1-2H3. The Morgan fingerprint density at radius 1 is 1.33 bits per heavy atom. The summed E-state index contributed by atoms with van der Waals surface area (Å²) in [6.07, 6.45) is 4.51. The fraction of sp³-hybridized carbons (Fsp3) is 0.385. The maximum Gasteiger partial charge on any atom is 0.217 e. The van der Waals surface area contributed by atoms with Crippen molar-refractivity contribution in [3.05, 3.63) is 41.9 Å². The lowest BCUT2D eigenvalue weighted by Gasteiger charge is -2.08. The predicted octanol–water partition coefficient (Wildman–Crippen LogP) is 1.16. The summed E-state index contributed by atoms with van der Waals surface area (Å²) in [6.45, 7) is 1.66. The van der Waals surface area contributed by atoms with E-state index in [-0.39, 0.29) is 0 Å². The first-order chi connectivity index (χ1) is 8.81. The molecule has 96 valence electrons. The van der Waals surface area contributed by atoms with E-state index in [0.29, 0.717) is 5.88 Å². The zero-order valence-electron chi connectivity index (χ0n) is 10.8. The number of rotatable bonds is 6. The van der Waals surface area contributed by atoms with Gasteiger partial charge in [-0.15, -0.1) is 0 Å². The molecule has 0 atom stereocenters. The molecule has 0 aliphatic rings. The van der Waals surface area contributed by atoms with Crippen molar-refractivity contribution >= 4 is 0 Å². The van der Waals surface area contributed by atoms with Gasteiger partial charge in [-0.25, -0.2) is 4.98 Å². The van der Waals surface area contributed by atoms with Crippen LogP contribution in [0.15, 0.2) is 30.6 Å². The molecule has 0 saturated heterocycles. The summed E-state index contributed by atoms with van der Waals surface area (Å²) in [4.78, 5) is 4.16. The van der Waals surface area contributed by atoms with E-state index in [0.717, 1.165) is 25.1 Å². The highest BCUT2D eigenvalue weighted by atomic mass is 16.5. The van der Waals surface area contributed by atoms with E-state index in [1.54, 1.807) is 13.3 Å². The number of aromatic nitrogens is 3. The van der Waals surface area contributed by atoms with Crippen molar-refractivity contribution in [3.63, 3.8) is 0 Å². The fourth-order valence-electron chi connectivity index (χ4n) is 1.83. The maximum absolute atomic E-state index is 5.20. The van der Waals surface area contributed by atoms with Gasteiger partial charge < -0.3 is 10.1 Å². The molecule has 0 radical (unpaired) electrons. The van der Waals surface area contributed by atoms with Gasteiger partial charge >= 0.3 is 0 Å². The number of hydrogen-bond donors (Lipinski definition) is 1. The van der Waals surface area contributed by atoms with Crippen molar-refractivity contribution in [2.75, 3.05) is 13.7 Å². The van der Waals surface area contributed by atoms with Crippen LogP contribution in [0.4, 0.5) is 0 Å². The van der Waals surface area contributed by atoms with Gasteiger partial charge in [-0.05, 0) is 12.1 Å². The Bertz CT molecular complexity index is 495. The minimum absolute atomic E-state index is 0.686. The summed E-state index contributed by atoms with van der Waals surface area (Å²) in [5.74, 6) is 0.686. The van der Waals surface area contributed by atoms with Crippen LogP contribution in [0.25, 0.3) is 0 Å². The molecule has 5 heteroatoms.